The number of hydrogen-bond donors (Lipinski definition) is 23. The summed E-state index contributed by atoms with van der Waals surface area (Å²) in [6.45, 7) is 2.43. The number of aldehydes is 8. The average molecular weight is 1510 g/mol. The third-order valence-corrected chi connectivity index (χ3v) is 15.3. The maximum atomic E-state index is 15.2. The number of guanidine groups is 2. The van der Waals surface area contributed by atoms with Crippen molar-refractivity contribution in [3.8, 4) is 5.75 Å². The van der Waals surface area contributed by atoms with E-state index in [0.29, 0.717) is 41.8 Å². The highest BCUT2D eigenvalue weighted by atomic mass is 16.3. The monoisotopic (exact) mass is 1510 g/mol. The van der Waals surface area contributed by atoms with E-state index in [-0.39, 0.29) is 101 Å². The first-order valence-corrected chi connectivity index (χ1v) is 33.6. The molecule has 108 heavy (non-hydrogen) atoms. The minimum atomic E-state index is -2.30. The van der Waals surface area contributed by atoms with Gasteiger partial charge in [0.2, 0.25) is 5.91 Å². The van der Waals surface area contributed by atoms with Gasteiger partial charge in [0.05, 0.1) is 48.3 Å². The number of aromatic hydroxyl groups is 1. The Hall–Kier alpha value is -11.8. The maximum Gasteiger partial charge on any atom is 0.259 e. The Kier molecular flexibility index (Phi) is 41.1. The molecule has 0 spiro atoms. The lowest BCUT2D eigenvalue weighted by Crippen LogP contribution is -2.70. The molecule has 42 nitrogen and oxygen atoms in total. The molecule has 0 unspecified atom stereocenters. The zero-order valence-electron chi connectivity index (χ0n) is 59.3. The van der Waals surface area contributed by atoms with E-state index in [0.717, 1.165) is 0 Å². The Labute approximate surface area is 619 Å². The summed E-state index contributed by atoms with van der Waals surface area (Å²) in [6, 6.07) is 11.1. The van der Waals surface area contributed by atoms with Crippen molar-refractivity contribution in [2.75, 3.05) is 20.1 Å². The minimum Gasteiger partial charge on any atom is -0.508 e. The summed E-state index contributed by atoms with van der Waals surface area (Å²) in [7, 11) is 1.31. The van der Waals surface area contributed by atoms with E-state index >= 15 is 9.59 Å². The number of nitrogens with two attached hydrogens (primary N) is 6. The van der Waals surface area contributed by atoms with Crippen molar-refractivity contribution in [1.82, 2.24) is 85.1 Å². The second kappa shape index (κ2) is 49.1. The van der Waals surface area contributed by atoms with Crippen LogP contribution >= 0.6 is 0 Å². The molecular weight excluding hydrogens is 1420 g/mol. The van der Waals surface area contributed by atoms with Crippen LogP contribution in [0, 0.1) is 0 Å². The van der Waals surface area contributed by atoms with Crippen LogP contribution in [-0.4, -0.2) is 238 Å². The van der Waals surface area contributed by atoms with Gasteiger partial charge in [0, 0.05) is 19.5 Å². The van der Waals surface area contributed by atoms with Crippen molar-refractivity contribution in [3.63, 3.8) is 0 Å². The maximum absolute atomic E-state index is 15.2. The SMILES string of the molecule is CN[C@@H](N[C@@H](C=O)Cc1ccccc1)C(=O)N[C@H](N[C@@H](C=O)CC(N)=O)C(=O)N[C@@H](N[C@@H](C)C=O)C(=O)N[C@H](N[C@@H](C=O)Cc1ccccc1)C(=O)N[C@H](N[C@@H](C=O)Cc1ccc(O)cc1)C(=O)N[C@H](N[C@@H](C)C=O)C(=O)N[C@H](N[C@@H](C=O)CCCN=C(N)N)C(=O)N[C@H](N[C@@H](C=O)CCCN=C(N)N)C(N)=O. The van der Waals surface area contributed by atoms with Crippen molar-refractivity contribution in [1.29, 1.82) is 0 Å². The fourth-order valence-electron chi connectivity index (χ4n) is 9.89. The van der Waals surface area contributed by atoms with Crippen LogP contribution in [0.15, 0.2) is 94.9 Å². The van der Waals surface area contributed by atoms with Gasteiger partial charge in [0.1, 0.15) is 62.2 Å². The molecule has 0 aliphatic carbocycles. The van der Waals surface area contributed by atoms with Crippen LogP contribution in [0.4, 0.5) is 0 Å². The van der Waals surface area contributed by atoms with E-state index in [1.807, 2.05) is 0 Å². The summed E-state index contributed by atoms with van der Waals surface area (Å²) in [6.07, 6.45) is -15.1. The highest BCUT2D eigenvalue weighted by Crippen LogP contribution is 2.12. The molecule has 0 aromatic heterocycles. The first kappa shape index (κ1) is 90.4. The van der Waals surface area contributed by atoms with Crippen molar-refractivity contribution >= 4 is 115 Å². The fraction of sp³-hybridized carbons (Fsp3) is 0.439. The van der Waals surface area contributed by atoms with E-state index in [1.54, 1.807) is 60.7 Å². The van der Waals surface area contributed by atoms with Crippen LogP contribution in [0.5, 0.6) is 5.75 Å². The largest absolute Gasteiger partial charge is 0.508 e. The number of aliphatic imine (C=N–C) groups is 2. The number of carbonyl (C=O) groups is 17. The molecule has 42 heteroatoms. The fourth-order valence-corrected chi connectivity index (χ4v) is 9.89. The van der Waals surface area contributed by atoms with E-state index in [2.05, 4.69) is 95.1 Å². The van der Waals surface area contributed by atoms with E-state index in [4.69, 9.17) is 34.4 Å². The molecule has 16 atom stereocenters. The van der Waals surface area contributed by atoms with Gasteiger partial charge in [0.15, 0.2) is 55.1 Å². The van der Waals surface area contributed by atoms with E-state index in [9.17, 15) is 77.0 Å². The third kappa shape index (κ3) is 34.4. The normalized spacial score (nSPS) is 15.4. The number of nitrogens with one attached hydrogen (secondary N) is 16. The summed E-state index contributed by atoms with van der Waals surface area (Å²) < 4.78 is 0. The third-order valence-electron chi connectivity index (χ3n) is 15.3. The molecule has 588 valence electrons. The molecule has 0 bridgehead atoms. The van der Waals surface area contributed by atoms with Crippen LogP contribution < -0.4 is 119 Å². The Morgan fingerprint density at radius 3 is 0.935 bits per heavy atom. The number of likely N-dealkylation sites (N-methyl/N-ethyl adjacent to an activating group) is 1. The van der Waals surface area contributed by atoms with Crippen LogP contribution in [0.2, 0.25) is 0 Å². The first-order valence-electron chi connectivity index (χ1n) is 33.6. The quantitative estimate of drug-likeness (QED) is 0.00820. The molecule has 3 aromatic rings. The second-order valence-electron chi connectivity index (χ2n) is 24.2. The number of phenolic OH excluding ortho intramolecular Hbond substituents is 1. The molecule has 0 aliphatic heterocycles. The standard InChI is InChI=1S/C66H96N24O18/c1-36(28-91)76-52(59(103)88-54(79-42(31-94)17-11-23-75-66(71)72)61(105)84-50(49(68)101)78-41(30-93)16-10-22-74-65(69)70)85-62(106)55(82-45(34-97)26-40-18-20-47(99)21-19-40)90-64(108)56(81-44(33-96)25-39-14-8-5-9-15-39)89-60(104)53(77-37(2)29-92)86-63(107)57(83-46(35-98)27-48(67)100)87-58(102)51(73-3)80-43(32-95)24-38-12-6-4-7-13-38/h4-9,12-15,18-21,28-37,41-46,50-57,73,76-83,99H,10-11,16-17,22-27H2,1-3H3,(H2,67,100)(H2,68,101)(H,84,105)(H,85,106)(H,86,107)(H,87,102)(H,88,103)(H,89,104)(H,90,108)(H4,69,70,74)(H4,71,72,75)/t36-,37-,41+,42+,43+,44+,45+,46+,50-,51-,52-,53+,54-,55-,56-,57-/m0/s1. The highest BCUT2D eigenvalue weighted by molar-refractivity contribution is 5.98. The second-order valence-corrected chi connectivity index (χ2v) is 24.2. The number of primary amides is 2. The minimum absolute atomic E-state index is 0.0150. The number of rotatable bonds is 56. The Bertz CT molecular complexity index is 3540. The predicted molar refractivity (Wildman–Crippen MR) is 387 cm³/mol. The molecule has 3 rings (SSSR count). The lowest BCUT2D eigenvalue weighted by Gasteiger charge is -2.31. The van der Waals surface area contributed by atoms with Gasteiger partial charge in [0.25, 0.3) is 47.3 Å². The summed E-state index contributed by atoms with van der Waals surface area (Å²) in [5.41, 5.74) is 34.2. The number of benzene rings is 3. The number of nitrogens with zero attached hydrogens (tertiary/aromatic N) is 2. The zero-order valence-corrected chi connectivity index (χ0v) is 59.3. The van der Waals surface area contributed by atoms with Crippen molar-refractivity contribution < 1.29 is 86.6 Å². The molecule has 29 N–H and O–H groups in total. The summed E-state index contributed by atoms with van der Waals surface area (Å²) in [5.74, 6) is -12.7. The van der Waals surface area contributed by atoms with Gasteiger partial charge in [-0.3, -0.25) is 101 Å². The number of hydrogen-bond acceptors (Lipinski definition) is 29. The zero-order chi connectivity index (χ0) is 80.3. The smallest absolute Gasteiger partial charge is 0.259 e. The van der Waals surface area contributed by atoms with Crippen LogP contribution in [0.1, 0.15) is 62.6 Å². The molecule has 0 aliphatic rings. The summed E-state index contributed by atoms with van der Waals surface area (Å²) >= 11 is 0. The van der Waals surface area contributed by atoms with Crippen molar-refractivity contribution in [3.05, 3.63) is 102 Å². The van der Waals surface area contributed by atoms with Gasteiger partial charge >= 0.3 is 0 Å². The Morgan fingerprint density at radius 2 is 0.639 bits per heavy atom. The van der Waals surface area contributed by atoms with Crippen LogP contribution in [0.3, 0.4) is 0 Å². The van der Waals surface area contributed by atoms with Gasteiger partial charge in [-0.15, -0.1) is 0 Å². The molecule has 0 radical (unpaired) electrons. The predicted octanol–water partition coefficient (Wildman–Crippen LogP) is -11.2. The van der Waals surface area contributed by atoms with Crippen LogP contribution in [0.25, 0.3) is 0 Å². The molecule has 9 amide bonds. The first-order chi connectivity index (χ1) is 51.5. The number of amides is 9. The number of carbonyl (C=O) groups excluding carboxylic acids is 17. The van der Waals surface area contributed by atoms with Gasteiger partial charge in [-0.05, 0) is 94.7 Å². The van der Waals surface area contributed by atoms with Gasteiger partial charge in [-0.25, -0.2) is 0 Å². The molecule has 0 heterocycles. The highest BCUT2D eigenvalue weighted by Gasteiger charge is 2.38. The van der Waals surface area contributed by atoms with E-state index < -0.39 is 157 Å². The molecule has 0 saturated carbocycles. The molecule has 3 aromatic carbocycles. The Morgan fingerprint density at radius 1 is 0.361 bits per heavy atom. The van der Waals surface area contributed by atoms with Gasteiger partial charge in [-0.2, -0.15) is 0 Å². The van der Waals surface area contributed by atoms with Crippen LogP contribution in [-0.2, 0) is 101 Å². The Balaban J connectivity index is 2.25. The summed E-state index contributed by atoms with van der Waals surface area (Å²) in [5, 5.41) is 49.4. The van der Waals surface area contributed by atoms with Crippen molar-refractivity contribution in [2.45, 2.75) is 163 Å². The van der Waals surface area contributed by atoms with Gasteiger partial charge in [-0.1, -0.05) is 72.8 Å². The lowest BCUT2D eigenvalue weighted by atomic mass is 10.1. The molecule has 0 saturated heterocycles. The van der Waals surface area contributed by atoms with E-state index in [1.165, 1.54) is 45.2 Å². The molecule has 0 fully saturated rings. The molecular formula is C66H96N24O18. The van der Waals surface area contributed by atoms with Gasteiger partial charge < -0.3 is 115 Å². The summed E-state index contributed by atoms with van der Waals surface area (Å²) in [4.78, 5) is 236. The lowest BCUT2D eigenvalue weighted by molar-refractivity contribution is -0.138. The van der Waals surface area contributed by atoms with Crippen molar-refractivity contribution in [2.24, 2.45) is 44.4 Å². The number of phenols is 1. The topological polar surface area (TPSA) is 684 Å². The average Bonchev–Trinajstić information content (AvgIpc) is 0.848.